The highest BCUT2D eigenvalue weighted by atomic mass is 32.1. The van der Waals surface area contributed by atoms with Crippen LogP contribution in [0.2, 0.25) is 0 Å². The predicted octanol–water partition coefficient (Wildman–Crippen LogP) is 8.06. The van der Waals surface area contributed by atoms with Crippen molar-refractivity contribution in [3.8, 4) is 22.0 Å². The van der Waals surface area contributed by atoms with E-state index in [0.29, 0.717) is 6.54 Å². The largest absolute Gasteiger partial charge is 0.352 e. The molecule has 0 spiro atoms. The van der Waals surface area contributed by atoms with Gasteiger partial charge in [0.1, 0.15) is 5.01 Å². The van der Waals surface area contributed by atoms with Crippen LogP contribution >= 0.6 is 11.3 Å². The zero-order valence-corrected chi connectivity index (χ0v) is 23.7. The van der Waals surface area contributed by atoms with E-state index in [2.05, 4.69) is 58.4 Å². The first kappa shape index (κ1) is 26.6. The van der Waals surface area contributed by atoms with E-state index >= 15 is 0 Å². The second kappa shape index (κ2) is 12.7. The topological polar surface area (TPSA) is 59.8 Å². The lowest BCUT2D eigenvalue weighted by molar-refractivity contribution is 0.0953. The first-order valence-electron chi connectivity index (χ1n) is 14.4. The number of nitrogens with one attached hydrogen (secondary N) is 1. The molecule has 6 heteroatoms. The molecule has 0 aromatic carbocycles. The van der Waals surface area contributed by atoms with Gasteiger partial charge in [0.2, 0.25) is 0 Å². The van der Waals surface area contributed by atoms with Crippen molar-refractivity contribution in [2.45, 2.75) is 91.0 Å². The van der Waals surface area contributed by atoms with Gasteiger partial charge in [-0.05, 0) is 95.8 Å². The minimum atomic E-state index is 0.0213. The van der Waals surface area contributed by atoms with E-state index in [1.165, 1.54) is 56.9 Å². The Morgan fingerprint density at radius 3 is 2.53 bits per heavy atom. The number of thiazole rings is 1. The molecule has 0 saturated carbocycles. The molecule has 5 nitrogen and oxygen atoms in total. The summed E-state index contributed by atoms with van der Waals surface area (Å²) in [5.41, 5.74) is 8.97. The van der Waals surface area contributed by atoms with Gasteiger partial charge in [-0.15, -0.1) is 11.3 Å². The minimum absolute atomic E-state index is 0.0213. The van der Waals surface area contributed by atoms with Gasteiger partial charge in [0.05, 0.1) is 17.0 Å². The molecular weight excluding hydrogens is 488 g/mol. The molecule has 3 aromatic rings. The van der Waals surface area contributed by atoms with Crippen LogP contribution in [0.25, 0.3) is 22.0 Å². The number of aromatic nitrogens is 3. The van der Waals surface area contributed by atoms with Crippen LogP contribution in [0.4, 0.5) is 0 Å². The molecule has 2 aliphatic rings. The number of nitrogens with zero attached hydrogens (tertiary/aromatic N) is 3. The third-order valence-electron chi connectivity index (χ3n) is 7.96. The molecule has 0 atom stereocenters. The summed E-state index contributed by atoms with van der Waals surface area (Å²) in [6.45, 7) is 5.77. The molecule has 2 aliphatic carbocycles. The second-order valence-electron chi connectivity index (χ2n) is 10.6. The molecule has 3 aromatic heterocycles. The molecule has 38 heavy (non-hydrogen) atoms. The number of amides is 1. The average molecular weight is 529 g/mol. The smallest absolute Gasteiger partial charge is 0.253 e. The molecule has 0 fully saturated rings. The summed E-state index contributed by atoms with van der Waals surface area (Å²) in [5, 5.41) is 6.32. The van der Waals surface area contributed by atoms with Crippen LogP contribution in [0.3, 0.4) is 0 Å². The number of hydrogen-bond donors (Lipinski definition) is 1. The normalized spacial score (nSPS) is 15.7. The summed E-state index contributed by atoms with van der Waals surface area (Å²) in [4.78, 5) is 22.8. The van der Waals surface area contributed by atoms with Crippen molar-refractivity contribution in [2.75, 3.05) is 6.54 Å². The third kappa shape index (κ3) is 6.35. The number of carbonyl (C=O) groups excluding carboxylic acids is 1. The molecule has 0 saturated heterocycles. The molecule has 0 bridgehead atoms. The standard InChI is InChI=1S/C32H40N4OS/c1-3-27-20-26(15-18-33-27)32-35-29(22-38-32)30-21-28(31(37)34-17-14-24-10-6-4-7-11-24)23(2)36(30)19-16-25-12-8-5-9-13-25/h10,12,15,18,20-22H,3-9,11,13-14,16-17,19H2,1-2H3,(H,34,37). The Kier molecular flexibility index (Phi) is 8.90. The lowest BCUT2D eigenvalue weighted by Crippen LogP contribution is -2.25. The average Bonchev–Trinajstić information content (AvgIpc) is 3.58. The fraction of sp³-hybridized carbons (Fsp3) is 0.469. The number of pyridine rings is 1. The zero-order valence-electron chi connectivity index (χ0n) is 22.9. The Morgan fingerprint density at radius 1 is 1.05 bits per heavy atom. The SMILES string of the molecule is CCc1cc(-c2nc(-c3cc(C(=O)NCCC4=CCCCC4)c(C)n3CCC3=CCCCC3)cs2)ccn1. The van der Waals surface area contributed by atoms with Crippen molar-refractivity contribution >= 4 is 17.2 Å². The molecule has 200 valence electrons. The van der Waals surface area contributed by atoms with Gasteiger partial charge in [0.15, 0.2) is 0 Å². The van der Waals surface area contributed by atoms with Crippen LogP contribution in [0.5, 0.6) is 0 Å². The summed E-state index contributed by atoms with van der Waals surface area (Å²) >= 11 is 1.65. The number of rotatable bonds is 10. The van der Waals surface area contributed by atoms with E-state index in [1.807, 2.05) is 12.3 Å². The van der Waals surface area contributed by atoms with Crippen molar-refractivity contribution in [2.24, 2.45) is 0 Å². The second-order valence-corrected chi connectivity index (χ2v) is 11.4. The molecule has 0 aliphatic heterocycles. The predicted molar refractivity (Wildman–Crippen MR) is 158 cm³/mol. The maximum absolute atomic E-state index is 13.3. The van der Waals surface area contributed by atoms with Gasteiger partial charge in [-0.25, -0.2) is 4.98 Å². The summed E-state index contributed by atoms with van der Waals surface area (Å²) in [7, 11) is 0. The molecule has 5 rings (SSSR count). The van der Waals surface area contributed by atoms with Crippen LogP contribution in [0, 0.1) is 6.92 Å². The van der Waals surface area contributed by atoms with Gasteiger partial charge < -0.3 is 9.88 Å². The van der Waals surface area contributed by atoms with E-state index in [1.54, 1.807) is 16.9 Å². The first-order valence-corrected chi connectivity index (χ1v) is 15.3. The van der Waals surface area contributed by atoms with Crippen LogP contribution in [0.15, 0.2) is 53.1 Å². The van der Waals surface area contributed by atoms with Crippen molar-refractivity contribution in [3.05, 3.63) is 70.0 Å². The van der Waals surface area contributed by atoms with E-state index in [4.69, 9.17) is 4.98 Å². The van der Waals surface area contributed by atoms with E-state index in [-0.39, 0.29) is 5.91 Å². The van der Waals surface area contributed by atoms with Gasteiger partial charge in [0.25, 0.3) is 5.91 Å². The van der Waals surface area contributed by atoms with Gasteiger partial charge >= 0.3 is 0 Å². The van der Waals surface area contributed by atoms with Crippen molar-refractivity contribution in [1.82, 2.24) is 19.9 Å². The summed E-state index contributed by atoms with van der Waals surface area (Å²) < 4.78 is 2.32. The third-order valence-corrected chi connectivity index (χ3v) is 8.85. The van der Waals surface area contributed by atoms with Crippen molar-refractivity contribution < 1.29 is 4.79 Å². The van der Waals surface area contributed by atoms with Crippen LogP contribution < -0.4 is 5.32 Å². The van der Waals surface area contributed by atoms with Gasteiger partial charge in [-0.3, -0.25) is 9.78 Å². The van der Waals surface area contributed by atoms with E-state index in [0.717, 1.165) is 64.7 Å². The Hall–Kier alpha value is -2.99. The maximum atomic E-state index is 13.3. The van der Waals surface area contributed by atoms with E-state index in [9.17, 15) is 4.79 Å². The molecular formula is C32H40N4OS. The van der Waals surface area contributed by atoms with Gasteiger partial charge in [0, 0.05) is 41.6 Å². The number of hydrogen-bond acceptors (Lipinski definition) is 4. The van der Waals surface area contributed by atoms with Gasteiger partial charge in [-0.2, -0.15) is 0 Å². The highest BCUT2D eigenvalue weighted by Gasteiger charge is 2.21. The summed E-state index contributed by atoms with van der Waals surface area (Å²) in [6, 6.07) is 6.22. The van der Waals surface area contributed by atoms with Crippen molar-refractivity contribution in [1.29, 1.82) is 0 Å². The number of aryl methyl sites for hydroxylation is 1. The number of carbonyl (C=O) groups is 1. The molecule has 3 heterocycles. The minimum Gasteiger partial charge on any atom is -0.352 e. The van der Waals surface area contributed by atoms with Crippen molar-refractivity contribution in [3.63, 3.8) is 0 Å². The van der Waals surface area contributed by atoms with E-state index < -0.39 is 0 Å². The molecule has 0 unspecified atom stereocenters. The fourth-order valence-electron chi connectivity index (χ4n) is 5.65. The lowest BCUT2D eigenvalue weighted by Gasteiger charge is -2.16. The molecule has 1 amide bonds. The fourth-order valence-corrected chi connectivity index (χ4v) is 6.47. The summed E-state index contributed by atoms with van der Waals surface area (Å²) in [6.07, 6.45) is 19.4. The molecule has 1 N–H and O–H groups in total. The Bertz CT molecular complexity index is 1330. The van der Waals surface area contributed by atoms with Gasteiger partial charge in [-0.1, -0.05) is 30.2 Å². The Morgan fingerprint density at radius 2 is 1.82 bits per heavy atom. The first-order chi connectivity index (χ1) is 18.6. The highest BCUT2D eigenvalue weighted by molar-refractivity contribution is 7.13. The Balaban J connectivity index is 1.39. The quantitative estimate of drug-likeness (QED) is 0.271. The lowest BCUT2D eigenvalue weighted by atomic mass is 9.97. The van der Waals surface area contributed by atoms with Crippen LogP contribution in [-0.2, 0) is 13.0 Å². The Labute approximate surface area is 231 Å². The molecule has 0 radical (unpaired) electrons. The number of allylic oxidation sites excluding steroid dienone is 3. The van der Waals surface area contributed by atoms with Crippen LogP contribution in [-0.4, -0.2) is 27.0 Å². The monoisotopic (exact) mass is 528 g/mol. The van der Waals surface area contributed by atoms with Crippen LogP contribution in [0.1, 0.15) is 92.9 Å². The maximum Gasteiger partial charge on any atom is 0.253 e. The zero-order chi connectivity index (χ0) is 26.3. The highest BCUT2D eigenvalue weighted by Crippen LogP contribution is 2.33. The summed E-state index contributed by atoms with van der Waals surface area (Å²) in [5.74, 6) is 0.0213.